The molecule has 1 aromatic rings. The van der Waals surface area contributed by atoms with E-state index in [0.29, 0.717) is 12.1 Å². The summed E-state index contributed by atoms with van der Waals surface area (Å²) in [5.41, 5.74) is 1.28. The van der Waals surface area contributed by atoms with E-state index in [2.05, 4.69) is 36.3 Å². The summed E-state index contributed by atoms with van der Waals surface area (Å²) in [5, 5.41) is 4.39. The number of benzene rings is 1. The molecule has 1 atom stereocenters. The van der Waals surface area contributed by atoms with Gasteiger partial charge in [-0.2, -0.15) is 0 Å². The first-order valence-corrected chi connectivity index (χ1v) is 8.35. The highest BCUT2D eigenvalue weighted by Gasteiger charge is 2.19. The Kier molecular flexibility index (Phi) is 6.97. The number of nitrogens with one attached hydrogen (secondary N) is 1. The molecule has 1 aliphatic rings. The Labute approximate surface area is 133 Å². The zero-order chi connectivity index (χ0) is 15.1. The van der Waals surface area contributed by atoms with Gasteiger partial charge in [0.15, 0.2) is 0 Å². The molecule has 0 radical (unpaired) electrons. The van der Waals surface area contributed by atoms with Gasteiger partial charge in [-0.05, 0) is 57.1 Å². The Morgan fingerprint density at radius 1 is 1.38 bits per heavy atom. The Hall–Kier alpha value is -0.610. The maximum Gasteiger partial charge on any atom is 0.0480 e. The minimum Gasteiger partial charge on any atom is -0.381 e. The van der Waals surface area contributed by atoms with E-state index in [1.165, 1.54) is 5.56 Å². The summed E-state index contributed by atoms with van der Waals surface area (Å²) in [6.07, 6.45) is 3.40. The predicted molar refractivity (Wildman–Crippen MR) is 89.0 cm³/mol. The van der Waals surface area contributed by atoms with Crippen LogP contribution < -0.4 is 5.32 Å². The molecule has 21 heavy (non-hydrogen) atoms. The predicted octanol–water partition coefficient (Wildman–Crippen LogP) is 3.49. The van der Waals surface area contributed by atoms with E-state index in [0.717, 1.165) is 50.6 Å². The zero-order valence-corrected chi connectivity index (χ0v) is 13.9. The maximum atomic E-state index is 6.12. The third-order valence-electron chi connectivity index (χ3n) is 4.29. The van der Waals surface area contributed by atoms with Gasteiger partial charge < -0.3 is 15.0 Å². The van der Waals surface area contributed by atoms with Crippen LogP contribution in [-0.4, -0.2) is 44.3 Å². The van der Waals surface area contributed by atoms with E-state index in [1.807, 2.05) is 12.1 Å². The fourth-order valence-electron chi connectivity index (χ4n) is 3.00. The minimum absolute atomic E-state index is 0.371. The van der Waals surface area contributed by atoms with Crippen LogP contribution in [0.25, 0.3) is 0 Å². The molecule has 1 aliphatic heterocycles. The highest BCUT2D eigenvalue weighted by atomic mass is 35.5. The lowest BCUT2D eigenvalue weighted by Crippen LogP contribution is -2.38. The van der Waals surface area contributed by atoms with Crippen LogP contribution in [0.1, 0.15) is 37.8 Å². The third-order valence-corrected chi connectivity index (χ3v) is 4.52. The average Bonchev–Trinajstić information content (AvgIpc) is 2.52. The lowest BCUT2D eigenvalue weighted by atomic mass is 10.0. The Balaban J connectivity index is 1.90. The van der Waals surface area contributed by atoms with Gasteiger partial charge in [0.1, 0.15) is 0 Å². The standard InChI is InChI=1S/C17H27ClN2O/c1-3-19-17(14-5-4-6-15(18)13-14)7-10-20(2)16-8-11-21-12-9-16/h4-6,13,16-17,19H,3,7-12H2,1-2H3. The molecule has 2 rings (SSSR count). The molecule has 118 valence electrons. The zero-order valence-electron chi connectivity index (χ0n) is 13.1. The van der Waals surface area contributed by atoms with Gasteiger partial charge in [-0.1, -0.05) is 30.7 Å². The number of rotatable bonds is 7. The van der Waals surface area contributed by atoms with E-state index in [-0.39, 0.29) is 0 Å². The monoisotopic (exact) mass is 310 g/mol. The normalized spacial score (nSPS) is 18.1. The van der Waals surface area contributed by atoms with Gasteiger partial charge in [-0.15, -0.1) is 0 Å². The summed E-state index contributed by atoms with van der Waals surface area (Å²) in [6, 6.07) is 9.24. The van der Waals surface area contributed by atoms with Crippen molar-refractivity contribution in [2.45, 2.75) is 38.3 Å². The molecule has 1 fully saturated rings. The SMILES string of the molecule is CCNC(CCN(C)C1CCOCC1)c1cccc(Cl)c1. The third kappa shape index (κ3) is 5.26. The van der Waals surface area contributed by atoms with Crippen LogP contribution in [-0.2, 0) is 4.74 Å². The number of halogens is 1. The first-order valence-electron chi connectivity index (χ1n) is 7.97. The second-order valence-corrected chi connectivity index (χ2v) is 6.21. The van der Waals surface area contributed by atoms with Gasteiger partial charge in [0.25, 0.3) is 0 Å². The fraction of sp³-hybridized carbons (Fsp3) is 0.647. The van der Waals surface area contributed by atoms with Gasteiger partial charge in [0, 0.05) is 30.3 Å². The summed E-state index contributed by atoms with van der Waals surface area (Å²) >= 11 is 6.12. The molecule has 1 heterocycles. The van der Waals surface area contributed by atoms with Gasteiger partial charge in [0.2, 0.25) is 0 Å². The van der Waals surface area contributed by atoms with E-state index < -0.39 is 0 Å². The molecule has 0 bridgehead atoms. The summed E-state index contributed by atoms with van der Waals surface area (Å²) in [5.74, 6) is 0. The van der Waals surface area contributed by atoms with E-state index in [9.17, 15) is 0 Å². The van der Waals surface area contributed by atoms with Crippen LogP contribution >= 0.6 is 11.6 Å². The van der Waals surface area contributed by atoms with Crippen molar-refractivity contribution in [1.29, 1.82) is 0 Å². The summed E-state index contributed by atoms with van der Waals surface area (Å²) in [6.45, 7) is 6.02. The van der Waals surface area contributed by atoms with Crippen molar-refractivity contribution in [3.8, 4) is 0 Å². The highest BCUT2D eigenvalue weighted by Crippen LogP contribution is 2.22. The molecule has 0 spiro atoms. The molecule has 0 saturated carbocycles. The van der Waals surface area contributed by atoms with Crippen molar-refractivity contribution < 1.29 is 4.74 Å². The van der Waals surface area contributed by atoms with Gasteiger partial charge >= 0.3 is 0 Å². The van der Waals surface area contributed by atoms with Crippen LogP contribution in [0.3, 0.4) is 0 Å². The van der Waals surface area contributed by atoms with Crippen LogP contribution in [0.5, 0.6) is 0 Å². The van der Waals surface area contributed by atoms with E-state index in [1.54, 1.807) is 0 Å². The summed E-state index contributed by atoms with van der Waals surface area (Å²) in [4.78, 5) is 2.48. The molecule has 0 amide bonds. The van der Waals surface area contributed by atoms with Crippen molar-refractivity contribution in [2.24, 2.45) is 0 Å². The van der Waals surface area contributed by atoms with Crippen molar-refractivity contribution in [2.75, 3.05) is 33.4 Å². The second kappa shape index (κ2) is 8.74. The lowest BCUT2D eigenvalue weighted by molar-refractivity contribution is 0.0419. The molecular formula is C17H27ClN2O. The number of hydrogen-bond donors (Lipinski definition) is 1. The van der Waals surface area contributed by atoms with Gasteiger partial charge in [-0.3, -0.25) is 0 Å². The molecule has 1 unspecified atom stereocenters. The quantitative estimate of drug-likeness (QED) is 0.834. The summed E-state index contributed by atoms with van der Waals surface area (Å²) < 4.78 is 5.44. The van der Waals surface area contributed by atoms with Crippen LogP contribution in [0.4, 0.5) is 0 Å². The van der Waals surface area contributed by atoms with Crippen LogP contribution in [0.15, 0.2) is 24.3 Å². The van der Waals surface area contributed by atoms with Crippen molar-refractivity contribution in [1.82, 2.24) is 10.2 Å². The first-order chi connectivity index (χ1) is 10.2. The van der Waals surface area contributed by atoms with E-state index >= 15 is 0 Å². The largest absolute Gasteiger partial charge is 0.381 e. The Bertz CT molecular complexity index is 421. The molecule has 1 aromatic carbocycles. The van der Waals surface area contributed by atoms with Gasteiger partial charge in [0.05, 0.1) is 0 Å². The number of ether oxygens (including phenoxy) is 1. The molecule has 1 N–H and O–H groups in total. The molecule has 4 heteroatoms. The van der Waals surface area contributed by atoms with Gasteiger partial charge in [-0.25, -0.2) is 0 Å². The van der Waals surface area contributed by atoms with Crippen molar-refractivity contribution in [3.05, 3.63) is 34.9 Å². The molecule has 1 saturated heterocycles. The number of nitrogens with zero attached hydrogens (tertiary/aromatic N) is 1. The minimum atomic E-state index is 0.371. The first kappa shape index (κ1) is 16.8. The lowest BCUT2D eigenvalue weighted by Gasteiger charge is -2.32. The molecule has 0 aromatic heterocycles. The smallest absolute Gasteiger partial charge is 0.0480 e. The van der Waals surface area contributed by atoms with Crippen LogP contribution in [0.2, 0.25) is 5.02 Å². The average molecular weight is 311 g/mol. The fourth-order valence-corrected chi connectivity index (χ4v) is 3.20. The molecule has 3 nitrogen and oxygen atoms in total. The maximum absolute atomic E-state index is 6.12. The second-order valence-electron chi connectivity index (χ2n) is 5.78. The van der Waals surface area contributed by atoms with Crippen LogP contribution in [0, 0.1) is 0 Å². The Morgan fingerprint density at radius 3 is 2.81 bits per heavy atom. The highest BCUT2D eigenvalue weighted by molar-refractivity contribution is 6.30. The molecule has 0 aliphatic carbocycles. The van der Waals surface area contributed by atoms with E-state index in [4.69, 9.17) is 16.3 Å². The summed E-state index contributed by atoms with van der Waals surface area (Å²) in [7, 11) is 2.23. The molecular weight excluding hydrogens is 284 g/mol. The topological polar surface area (TPSA) is 24.5 Å². The van der Waals surface area contributed by atoms with Crippen molar-refractivity contribution >= 4 is 11.6 Å². The number of hydrogen-bond acceptors (Lipinski definition) is 3. The van der Waals surface area contributed by atoms with Crippen molar-refractivity contribution in [3.63, 3.8) is 0 Å². The Morgan fingerprint density at radius 2 is 2.14 bits per heavy atom.